The van der Waals surface area contributed by atoms with E-state index in [4.69, 9.17) is 20.9 Å². The molecule has 10 N–H and O–H groups in total. The molecule has 5 fully saturated rings. The van der Waals surface area contributed by atoms with Crippen LogP contribution in [0.15, 0.2) is 35.5 Å². The Morgan fingerprint density at radius 3 is 2.60 bits per heavy atom. The Kier molecular flexibility index (Phi) is 11.9. The smallest absolute Gasteiger partial charge is 0.350 e. The number of fused-ring (bicyclic) bond motifs is 3. The molecule has 10 atom stereocenters. The summed E-state index contributed by atoms with van der Waals surface area (Å²) in [5.41, 5.74) is 11.7. The van der Waals surface area contributed by atoms with Gasteiger partial charge in [-0.3, -0.25) is 31.4 Å². The standard InChI is InChI=1S/C42H64N6O5/c1-26(20-35(48-40(44)45-2)30-17-19-46-36(43)23-30)16-18-41-37(49)32-14-8-9-15-33(32)38(50)42(41,53-41)39(51)52-25-31-21-28-12-6-7-13-29(28)22-34(31)47-24-27-10-4-3-5-11-27/h7,13,16,22,27-28,30-36,46-47H,3-6,8-12,14-15,17-21,23-25,43H2,1-2H3,(H3,44,45,48)/p+3/t28-,30?,31-,32?,33?,34-,35+,36?,41+,42+/m1/s1. The number of esters is 1. The topological polar surface area (TPSA) is 184 Å². The Morgan fingerprint density at radius 2 is 1.85 bits per heavy atom. The van der Waals surface area contributed by atoms with Crippen LogP contribution in [0.25, 0.3) is 0 Å². The normalized spacial score (nSPS) is 38.2. The maximum Gasteiger partial charge on any atom is 0.350 e. The van der Waals surface area contributed by atoms with Gasteiger partial charge in [0.1, 0.15) is 18.8 Å². The molecular weight excluding hydrogens is 668 g/mol. The quantitative estimate of drug-likeness (QED) is 0.0416. The number of guanidine groups is 1. The molecule has 7 aliphatic rings. The number of piperidine rings is 1. The third-order valence-electron chi connectivity index (χ3n) is 14.2. The van der Waals surface area contributed by atoms with Crippen molar-refractivity contribution in [1.82, 2.24) is 5.32 Å². The van der Waals surface area contributed by atoms with Crippen molar-refractivity contribution in [2.24, 2.45) is 47.0 Å². The second-order valence-corrected chi connectivity index (χ2v) is 17.7. The molecule has 0 aromatic carbocycles. The zero-order chi connectivity index (χ0) is 37.2. The average molecular weight is 736 g/mol. The number of ketones is 2. The van der Waals surface area contributed by atoms with Crippen molar-refractivity contribution in [3.63, 3.8) is 0 Å². The highest BCUT2D eigenvalue weighted by Gasteiger charge is 2.86. The van der Waals surface area contributed by atoms with Crippen LogP contribution in [-0.2, 0) is 23.9 Å². The Bertz CT molecular complexity index is 1500. The fourth-order valence-corrected chi connectivity index (χ4v) is 11.1. The first-order valence-electron chi connectivity index (χ1n) is 21.1. The zero-order valence-corrected chi connectivity index (χ0v) is 32.3. The summed E-state index contributed by atoms with van der Waals surface area (Å²) >= 11 is 0. The maximum atomic E-state index is 14.4. The number of allylic oxidation sites excluding steroid dienone is 3. The summed E-state index contributed by atoms with van der Waals surface area (Å²) in [6.45, 7) is 4.33. The monoisotopic (exact) mass is 736 g/mol. The Hall–Kier alpha value is -2.86. The minimum atomic E-state index is -1.85. The van der Waals surface area contributed by atoms with Crippen LogP contribution < -0.4 is 32.4 Å². The molecule has 3 saturated carbocycles. The van der Waals surface area contributed by atoms with E-state index in [0.717, 1.165) is 69.5 Å². The summed E-state index contributed by atoms with van der Waals surface area (Å²) < 4.78 is 12.6. The molecule has 0 aromatic heterocycles. The molecule has 7 rings (SSSR count). The molecule has 2 heterocycles. The van der Waals surface area contributed by atoms with E-state index in [1.807, 2.05) is 13.0 Å². The van der Waals surface area contributed by atoms with Crippen LogP contribution in [0.3, 0.4) is 0 Å². The van der Waals surface area contributed by atoms with Gasteiger partial charge < -0.3 is 20.1 Å². The van der Waals surface area contributed by atoms with Crippen LogP contribution >= 0.6 is 0 Å². The van der Waals surface area contributed by atoms with Gasteiger partial charge in [-0.05, 0) is 69.4 Å². The summed E-state index contributed by atoms with van der Waals surface area (Å²) in [4.78, 5) is 46.3. The number of nitrogens with two attached hydrogens (primary N) is 4. The number of rotatable bonds is 12. The molecule has 0 spiro atoms. The van der Waals surface area contributed by atoms with Crippen LogP contribution in [-0.4, -0.2) is 79.7 Å². The number of ether oxygens (including phenoxy) is 2. The van der Waals surface area contributed by atoms with Crippen LogP contribution in [0.4, 0.5) is 0 Å². The first-order chi connectivity index (χ1) is 25.6. The molecule has 2 saturated heterocycles. The van der Waals surface area contributed by atoms with Gasteiger partial charge >= 0.3 is 11.9 Å². The van der Waals surface area contributed by atoms with Crippen LogP contribution in [0.5, 0.6) is 0 Å². The molecule has 4 unspecified atom stereocenters. The molecule has 0 radical (unpaired) electrons. The van der Waals surface area contributed by atoms with Gasteiger partial charge in [0.05, 0.1) is 26.2 Å². The van der Waals surface area contributed by atoms with Crippen LogP contribution in [0.2, 0.25) is 0 Å². The summed E-state index contributed by atoms with van der Waals surface area (Å²) in [5.74, 6) is 0.334. The van der Waals surface area contributed by atoms with Crippen molar-refractivity contribution in [2.45, 2.75) is 139 Å². The molecule has 5 aliphatic carbocycles. The largest absolute Gasteiger partial charge is 0.463 e. The lowest BCUT2D eigenvalue weighted by molar-refractivity contribution is -0.699. The number of carbonyl (C=O) groups excluding carboxylic acids is 3. The third-order valence-corrected chi connectivity index (χ3v) is 14.2. The Balaban J connectivity index is 1.08. The zero-order valence-electron chi connectivity index (χ0n) is 32.3. The first-order valence-corrected chi connectivity index (χ1v) is 21.1. The van der Waals surface area contributed by atoms with Crippen molar-refractivity contribution in [1.29, 1.82) is 0 Å². The van der Waals surface area contributed by atoms with Crippen molar-refractivity contribution >= 4 is 23.5 Å². The summed E-state index contributed by atoms with van der Waals surface area (Å²) in [6, 6.07) is 0.259. The van der Waals surface area contributed by atoms with E-state index in [1.165, 1.54) is 37.7 Å². The molecule has 11 nitrogen and oxygen atoms in total. The molecule has 0 aromatic rings. The van der Waals surface area contributed by atoms with Crippen molar-refractivity contribution in [2.75, 3.05) is 26.7 Å². The Morgan fingerprint density at radius 1 is 1.09 bits per heavy atom. The van der Waals surface area contributed by atoms with E-state index in [-0.39, 0.29) is 48.8 Å². The lowest BCUT2D eigenvalue weighted by Crippen LogP contribution is -2.95. The predicted molar refractivity (Wildman–Crippen MR) is 202 cm³/mol. The number of Topliss-reactive ketones (excluding diaryl/α,β-unsaturated/α-hetero) is 2. The summed E-state index contributed by atoms with van der Waals surface area (Å²) in [6.07, 6.45) is 24.6. The van der Waals surface area contributed by atoms with Crippen molar-refractivity contribution < 1.29 is 39.5 Å². The molecule has 2 aliphatic heterocycles. The molecular formula is C42H67N6O5+3. The number of hydrogen-bond donors (Lipinski definition) is 6. The van der Waals surface area contributed by atoms with Crippen LogP contribution in [0, 0.1) is 35.5 Å². The van der Waals surface area contributed by atoms with E-state index in [9.17, 15) is 14.4 Å². The molecule has 0 bridgehead atoms. The van der Waals surface area contributed by atoms with Gasteiger partial charge in [-0.2, -0.15) is 0 Å². The van der Waals surface area contributed by atoms with Crippen LogP contribution in [0.1, 0.15) is 110 Å². The second-order valence-electron chi connectivity index (χ2n) is 17.7. The molecule has 11 heteroatoms. The van der Waals surface area contributed by atoms with Gasteiger partial charge in [0, 0.05) is 55.3 Å². The molecule has 53 heavy (non-hydrogen) atoms. The highest BCUT2D eigenvalue weighted by atomic mass is 16.7. The number of hydrogen-bond acceptors (Lipinski definition) is 6. The van der Waals surface area contributed by atoms with E-state index in [1.54, 1.807) is 7.05 Å². The highest BCUT2D eigenvalue weighted by Crippen LogP contribution is 2.61. The minimum absolute atomic E-state index is 0.0461. The summed E-state index contributed by atoms with van der Waals surface area (Å²) in [7, 11) is 1.79. The predicted octanol–water partition coefficient (Wildman–Crippen LogP) is 0.388. The summed E-state index contributed by atoms with van der Waals surface area (Å²) in [5, 5.41) is 8.12. The third kappa shape index (κ3) is 7.82. The highest BCUT2D eigenvalue weighted by molar-refractivity contribution is 6.23. The molecule has 0 amide bonds. The maximum absolute atomic E-state index is 14.4. The first kappa shape index (κ1) is 38.4. The fraction of sp³-hybridized carbons (Fsp3) is 0.762. The van der Waals surface area contributed by atoms with E-state index in [2.05, 4.69) is 39.2 Å². The fourth-order valence-electron chi connectivity index (χ4n) is 11.1. The van der Waals surface area contributed by atoms with E-state index in [0.29, 0.717) is 37.1 Å². The van der Waals surface area contributed by atoms with Gasteiger partial charge in [-0.1, -0.05) is 55.9 Å². The van der Waals surface area contributed by atoms with Gasteiger partial charge in [-0.15, -0.1) is 0 Å². The average Bonchev–Trinajstić information content (AvgIpc) is 3.89. The van der Waals surface area contributed by atoms with E-state index < -0.39 is 29.0 Å². The lowest BCUT2D eigenvalue weighted by atomic mass is 9.61. The van der Waals surface area contributed by atoms with Gasteiger partial charge in [0.25, 0.3) is 5.60 Å². The second kappa shape index (κ2) is 16.5. The van der Waals surface area contributed by atoms with Crippen molar-refractivity contribution in [3.8, 4) is 0 Å². The minimum Gasteiger partial charge on any atom is -0.463 e. The molecule has 292 valence electrons. The number of quaternary nitrogens is 2. The van der Waals surface area contributed by atoms with Crippen molar-refractivity contribution in [3.05, 3.63) is 35.5 Å². The lowest BCUT2D eigenvalue weighted by Gasteiger charge is -2.37. The Labute approximate surface area is 316 Å². The van der Waals surface area contributed by atoms with Gasteiger partial charge in [-0.25, -0.2) is 4.79 Å². The van der Waals surface area contributed by atoms with E-state index >= 15 is 0 Å². The number of epoxide rings is 1. The number of nitrogens with one attached hydrogen (secondary N) is 2. The van der Waals surface area contributed by atoms with Gasteiger partial charge in [0.15, 0.2) is 17.2 Å². The SMILES string of the molecule is C[NH+]=C(N)N[C@@H](CC(C)=CC[C@@]12O[C@]1(C(=O)OC[C@H]1C[C@H]3CCC=CC3=C[C@H]1[NH2+]CC1CCCCC1)C(=O)C1CCCCC1C2=O)C1CC[NH2+]C(N)C1. The number of carbonyl (C=O) groups is 3. The van der Waals surface area contributed by atoms with Gasteiger partial charge in [0.2, 0.25) is 0 Å².